The second kappa shape index (κ2) is 7.35. The molecular formula is C23H28N2O2. The van der Waals surface area contributed by atoms with Crippen molar-refractivity contribution in [3.05, 3.63) is 65.2 Å². The number of aryl methyl sites for hydroxylation is 1. The number of primary amides is 1. The molecule has 0 aliphatic carbocycles. The van der Waals surface area contributed by atoms with Crippen LogP contribution in [0.25, 0.3) is 0 Å². The molecule has 4 atom stereocenters. The zero-order valence-corrected chi connectivity index (χ0v) is 16.1. The molecule has 0 radical (unpaired) electrons. The summed E-state index contributed by atoms with van der Waals surface area (Å²) in [5.74, 6) is 0.332. The summed E-state index contributed by atoms with van der Waals surface area (Å²) in [6.45, 7) is 4.54. The Kier molecular flexibility index (Phi) is 4.92. The average Bonchev–Trinajstić information content (AvgIpc) is 2.92. The van der Waals surface area contributed by atoms with Gasteiger partial charge in [-0.2, -0.15) is 0 Å². The fourth-order valence-electron chi connectivity index (χ4n) is 5.02. The molecule has 2 saturated heterocycles. The SMILES string of the molecule is Cc1ccccc1C(C)N1[C@@H]2CC[C@H]1CC(Oc1cccc(C(N)=O)c1)C2. The number of nitrogens with two attached hydrogens (primary N) is 1. The van der Waals surface area contributed by atoms with Gasteiger partial charge in [0, 0.05) is 23.7 Å². The van der Waals surface area contributed by atoms with Crippen LogP contribution in [0.2, 0.25) is 0 Å². The summed E-state index contributed by atoms with van der Waals surface area (Å²) in [5, 5.41) is 0. The van der Waals surface area contributed by atoms with E-state index in [0.29, 0.717) is 23.7 Å². The Balaban J connectivity index is 1.47. The second-order valence-electron chi connectivity index (χ2n) is 7.97. The lowest BCUT2D eigenvalue weighted by atomic mass is 9.93. The number of piperidine rings is 1. The molecule has 2 aliphatic heterocycles. The predicted octanol–water partition coefficient (Wildman–Crippen LogP) is 4.23. The lowest BCUT2D eigenvalue weighted by Crippen LogP contribution is -2.47. The Morgan fingerprint density at radius 2 is 1.81 bits per heavy atom. The highest BCUT2D eigenvalue weighted by atomic mass is 16.5. The van der Waals surface area contributed by atoms with Crippen LogP contribution in [0.4, 0.5) is 0 Å². The summed E-state index contributed by atoms with van der Waals surface area (Å²) in [4.78, 5) is 14.1. The molecule has 142 valence electrons. The van der Waals surface area contributed by atoms with Crippen molar-refractivity contribution in [3.63, 3.8) is 0 Å². The van der Waals surface area contributed by atoms with Gasteiger partial charge in [0.25, 0.3) is 0 Å². The molecule has 2 fully saturated rings. The lowest BCUT2D eigenvalue weighted by Gasteiger charge is -2.43. The summed E-state index contributed by atoms with van der Waals surface area (Å²) < 4.78 is 6.25. The molecule has 2 N–H and O–H groups in total. The zero-order chi connectivity index (χ0) is 19.0. The van der Waals surface area contributed by atoms with E-state index >= 15 is 0 Å². The number of carbonyl (C=O) groups excluding carboxylic acids is 1. The molecule has 4 nitrogen and oxygen atoms in total. The molecule has 2 heterocycles. The first-order chi connectivity index (χ1) is 13.0. The van der Waals surface area contributed by atoms with Crippen LogP contribution in [0, 0.1) is 6.92 Å². The molecule has 2 unspecified atom stereocenters. The van der Waals surface area contributed by atoms with Crippen LogP contribution in [-0.4, -0.2) is 29.0 Å². The van der Waals surface area contributed by atoms with Gasteiger partial charge in [0.05, 0.1) is 0 Å². The summed E-state index contributed by atoms with van der Waals surface area (Å²) in [6, 6.07) is 17.5. The van der Waals surface area contributed by atoms with Gasteiger partial charge in [-0.05, 0) is 68.9 Å². The number of benzene rings is 2. The Morgan fingerprint density at radius 1 is 1.11 bits per heavy atom. The number of amides is 1. The first-order valence-electron chi connectivity index (χ1n) is 9.92. The third-order valence-electron chi connectivity index (χ3n) is 6.25. The molecule has 0 spiro atoms. The van der Waals surface area contributed by atoms with E-state index in [-0.39, 0.29) is 6.10 Å². The van der Waals surface area contributed by atoms with Crippen LogP contribution in [0.5, 0.6) is 5.75 Å². The van der Waals surface area contributed by atoms with Gasteiger partial charge in [-0.25, -0.2) is 0 Å². The quantitative estimate of drug-likeness (QED) is 0.864. The Morgan fingerprint density at radius 3 is 2.48 bits per heavy atom. The van der Waals surface area contributed by atoms with E-state index in [1.54, 1.807) is 12.1 Å². The van der Waals surface area contributed by atoms with E-state index in [1.165, 1.54) is 24.0 Å². The number of rotatable bonds is 5. The van der Waals surface area contributed by atoms with Gasteiger partial charge in [-0.1, -0.05) is 30.3 Å². The molecule has 4 rings (SSSR count). The van der Waals surface area contributed by atoms with Gasteiger partial charge in [-0.3, -0.25) is 9.69 Å². The number of fused-ring (bicyclic) bond motifs is 2. The normalized spacial score (nSPS) is 25.9. The average molecular weight is 364 g/mol. The Labute approximate surface area is 161 Å². The van der Waals surface area contributed by atoms with Gasteiger partial charge in [-0.15, -0.1) is 0 Å². The third kappa shape index (κ3) is 3.59. The number of carbonyl (C=O) groups is 1. The molecule has 0 aromatic heterocycles. The van der Waals surface area contributed by atoms with Gasteiger partial charge in [0.2, 0.25) is 5.91 Å². The maximum atomic E-state index is 11.4. The Hall–Kier alpha value is -2.33. The van der Waals surface area contributed by atoms with Crippen molar-refractivity contribution in [1.29, 1.82) is 0 Å². The standard InChI is InChI=1S/C23H28N2O2/c1-15-6-3-4-9-22(15)16(2)25-18-10-11-19(25)14-21(13-18)27-20-8-5-7-17(12-20)23(24)26/h3-9,12,16,18-19,21H,10-11,13-14H2,1-2H3,(H2,24,26)/t16?,18-,19+,21?. The highest BCUT2D eigenvalue weighted by Crippen LogP contribution is 2.42. The maximum absolute atomic E-state index is 11.4. The fourth-order valence-corrected chi connectivity index (χ4v) is 5.02. The van der Waals surface area contributed by atoms with Crippen LogP contribution in [0.3, 0.4) is 0 Å². The van der Waals surface area contributed by atoms with Crippen LogP contribution >= 0.6 is 0 Å². The number of hydrogen-bond donors (Lipinski definition) is 1. The van der Waals surface area contributed by atoms with E-state index in [1.807, 2.05) is 12.1 Å². The molecule has 27 heavy (non-hydrogen) atoms. The van der Waals surface area contributed by atoms with Gasteiger partial charge in [0.15, 0.2) is 0 Å². The number of hydrogen-bond acceptors (Lipinski definition) is 3. The van der Waals surface area contributed by atoms with E-state index in [9.17, 15) is 4.79 Å². The van der Waals surface area contributed by atoms with Crippen molar-refractivity contribution in [1.82, 2.24) is 4.90 Å². The summed E-state index contributed by atoms with van der Waals surface area (Å²) in [7, 11) is 0. The van der Waals surface area contributed by atoms with Crippen molar-refractivity contribution >= 4 is 5.91 Å². The number of ether oxygens (including phenoxy) is 1. The van der Waals surface area contributed by atoms with Crippen molar-refractivity contribution in [2.45, 2.75) is 63.8 Å². The fraction of sp³-hybridized carbons (Fsp3) is 0.435. The zero-order valence-electron chi connectivity index (χ0n) is 16.1. The summed E-state index contributed by atoms with van der Waals surface area (Å²) >= 11 is 0. The minimum atomic E-state index is -0.414. The van der Waals surface area contributed by atoms with Crippen molar-refractivity contribution < 1.29 is 9.53 Å². The highest BCUT2D eigenvalue weighted by Gasteiger charge is 2.44. The second-order valence-corrected chi connectivity index (χ2v) is 7.97. The molecule has 2 aromatic rings. The van der Waals surface area contributed by atoms with Crippen molar-refractivity contribution in [2.24, 2.45) is 5.73 Å². The minimum absolute atomic E-state index is 0.200. The Bertz CT molecular complexity index is 821. The smallest absolute Gasteiger partial charge is 0.248 e. The first kappa shape index (κ1) is 18.1. The lowest BCUT2D eigenvalue weighted by molar-refractivity contribution is 0.0253. The van der Waals surface area contributed by atoms with Crippen molar-refractivity contribution in [2.75, 3.05) is 0 Å². The molecular weight excluding hydrogens is 336 g/mol. The van der Waals surface area contributed by atoms with E-state index in [2.05, 4.69) is 43.0 Å². The van der Waals surface area contributed by atoms with Gasteiger partial charge >= 0.3 is 0 Å². The molecule has 2 bridgehead atoms. The van der Waals surface area contributed by atoms with Crippen LogP contribution in [-0.2, 0) is 0 Å². The summed E-state index contributed by atoms with van der Waals surface area (Å²) in [5.41, 5.74) is 8.69. The van der Waals surface area contributed by atoms with Crippen LogP contribution < -0.4 is 10.5 Å². The highest BCUT2D eigenvalue weighted by molar-refractivity contribution is 5.93. The van der Waals surface area contributed by atoms with Crippen molar-refractivity contribution in [3.8, 4) is 5.75 Å². The first-order valence-corrected chi connectivity index (χ1v) is 9.92. The number of nitrogens with zero attached hydrogens (tertiary/aromatic N) is 1. The van der Waals surface area contributed by atoms with Gasteiger partial charge in [0.1, 0.15) is 11.9 Å². The maximum Gasteiger partial charge on any atom is 0.248 e. The van der Waals surface area contributed by atoms with Crippen LogP contribution in [0.1, 0.15) is 60.1 Å². The molecule has 4 heteroatoms. The van der Waals surface area contributed by atoms with E-state index in [4.69, 9.17) is 10.5 Å². The largest absolute Gasteiger partial charge is 0.490 e. The molecule has 2 aromatic carbocycles. The topological polar surface area (TPSA) is 55.6 Å². The monoisotopic (exact) mass is 364 g/mol. The molecule has 1 amide bonds. The predicted molar refractivity (Wildman–Crippen MR) is 107 cm³/mol. The summed E-state index contributed by atoms with van der Waals surface area (Å²) in [6.07, 6.45) is 4.75. The van der Waals surface area contributed by atoms with Crippen LogP contribution in [0.15, 0.2) is 48.5 Å². The van der Waals surface area contributed by atoms with E-state index < -0.39 is 5.91 Å². The minimum Gasteiger partial charge on any atom is -0.490 e. The molecule has 2 aliphatic rings. The van der Waals surface area contributed by atoms with Gasteiger partial charge < -0.3 is 10.5 Å². The van der Waals surface area contributed by atoms with E-state index in [0.717, 1.165) is 18.6 Å². The molecule has 0 saturated carbocycles. The third-order valence-corrected chi connectivity index (χ3v) is 6.25.